The molecule has 0 aromatic heterocycles. The molecule has 0 aliphatic carbocycles. The highest BCUT2D eigenvalue weighted by Crippen LogP contribution is 2.41. The van der Waals surface area contributed by atoms with Gasteiger partial charge in [0.05, 0.1) is 0 Å². The summed E-state index contributed by atoms with van der Waals surface area (Å²) in [5.41, 5.74) is 21.6. The first kappa shape index (κ1) is 40.9. The number of halogens is 1. The van der Waals surface area contributed by atoms with Crippen molar-refractivity contribution >= 4 is 34.0 Å². The van der Waals surface area contributed by atoms with Crippen molar-refractivity contribution in [3.8, 4) is 66.8 Å². The number of rotatable bonds is 9. The van der Waals surface area contributed by atoms with Crippen molar-refractivity contribution < 1.29 is 0 Å². The molecule has 302 valence electrons. The fourth-order valence-corrected chi connectivity index (χ4v) is 17.0. The molecular weight excluding hydrogens is 784 g/mol. The van der Waals surface area contributed by atoms with Gasteiger partial charge in [0, 0.05) is 0 Å². The first-order valence-electron chi connectivity index (χ1n) is 21.6. The van der Waals surface area contributed by atoms with Gasteiger partial charge in [-0.2, -0.15) is 0 Å². The fraction of sp³-hybridized carbons (Fsp3) is 0.100. The van der Waals surface area contributed by atoms with Crippen LogP contribution < -0.4 is 15.6 Å². The van der Waals surface area contributed by atoms with E-state index in [2.05, 4.69) is 242 Å². The highest BCUT2D eigenvalue weighted by atomic mass is 35.6. The normalized spacial score (nSPS) is 11.5. The number of benzene rings is 9. The van der Waals surface area contributed by atoms with Gasteiger partial charge in [0.15, 0.2) is 0 Å². The van der Waals surface area contributed by atoms with Gasteiger partial charge in [-0.15, -0.1) is 11.1 Å². The Morgan fingerprint density at radius 3 is 0.677 bits per heavy atom. The Morgan fingerprint density at radius 2 is 0.468 bits per heavy atom. The molecule has 0 atom stereocenters. The minimum atomic E-state index is -3.81. The van der Waals surface area contributed by atoms with E-state index in [-0.39, 0.29) is 0 Å². The molecule has 0 fully saturated rings. The molecule has 0 amide bonds. The van der Waals surface area contributed by atoms with E-state index in [9.17, 15) is 11.1 Å². The molecule has 0 aliphatic rings. The minimum Gasteiger partial charge on any atom is -0.149 e. The van der Waals surface area contributed by atoms with E-state index >= 15 is 0 Å². The maximum absolute atomic E-state index is 9.63. The highest BCUT2D eigenvalue weighted by Gasteiger charge is 2.48. The van der Waals surface area contributed by atoms with Crippen LogP contribution in [0.5, 0.6) is 0 Å². The van der Waals surface area contributed by atoms with Crippen molar-refractivity contribution in [1.29, 1.82) is 0 Å². The maximum Gasteiger partial charge on any atom is 0.250 e. The van der Waals surface area contributed by atoms with E-state index in [1.807, 2.05) is 0 Å². The van der Waals surface area contributed by atoms with Crippen molar-refractivity contribution in [2.75, 3.05) is 0 Å². The number of aryl methyl sites for hydroxylation is 3. The average molecular weight is 836 g/mol. The second-order valence-corrected chi connectivity index (χ2v) is 21.2. The monoisotopic (exact) mass is 834 g/mol. The Morgan fingerprint density at radius 1 is 0.274 bits per heavy atom. The quantitative estimate of drug-likeness (QED) is 0.0772. The molecule has 9 aromatic rings. The molecule has 2 heteroatoms. The van der Waals surface area contributed by atoms with Crippen molar-refractivity contribution in [2.45, 2.75) is 41.5 Å². The summed E-state index contributed by atoms with van der Waals surface area (Å²) in [4.78, 5) is 0. The predicted molar refractivity (Wildman–Crippen MR) is 271 cm³/mol. The zero-order chi connectivity index (χ0) is 43.0. The minimum absolute atomic E-state index is 1.17. The fourth-order valence-electron chi connectivity index (χ4n) is 10.1. The van der Waals surface area contributed by atoms with E-state index in [0.29, 0.717) is 0 Å². The van der Waals surface area contributed by atoms with Crippen LogP contribution in [0.15, 0.2) is 200 Å². The summed E-state index contributed by atoms with van der Waals surface area (Å²) in [5, 5.41) is 3.71. The van der Waals surface area contributed by atoms with Crippen LogP contribution in [-0.4, -0.2) is 7.38 Å². The van der Waals surface area contributed by atoms with Gasteiger partial charge in [-0.25, -0.2) is 0 Å². The van der Waals surface area contributed by atoms with Crippen molar-refractivity contribution in [3.63, 3.8) is 0 Å². The lowest BCUT2D eigenvalue weighted by Gasteiger charge is -2.39. The molecule has 0 unspecified atom stereocenters. The summed E-state index contributed by atoms with van der Waals surface area (Å²) in [7, 11) is -3.81. The van der Waals surface area contributed by atoms with Gasteiger partial charge in [0.1, 0.15) is 0 Å². The maximum atomic E-state index is 9.63. The van der Waals surface area contributed by atoms with Gasteiger partial charge in [-0.05, 0) is 157 Å². The van der Waals surface area contributed by atoms with E-state index < -0.39 is 7.38 Å². The molecule has 62 heavy (non-hydrogen) atoms. The second kappa shape index (κ2) is 17.1. The molecule has 9 rings (SSSR count). The number of hydrogen-bond acceptors (Lipinski definition) is 0. The van der Waals surface area contributed by atoms with Crippen LogP contribution in [0.4, 0.5) is 0 Å². The van der Waals surface area contributed by atoms with Crippen molar-refractivity contribution in [1.82, 2.24) is 0 Å². The third-order valence-electron chi connectivity index (χ3n) is 12.8. The molecule has 0 saturated heterocycles. The smallest absolute Gasteiger partial charge is 0.149 e. The molecule has 0 bridgehead atoms. The van der Waals surface area contributed by atoms with Crippen LogP contribution in [0, 0.1) is 41.5 Å². The van der Waals surface area contributed by atoms with Gasteiger partial charge >= 0.3 is 0 Å². The zero-order valence-corrected chi connectivity index (χ0v) is 38.2. The van der Waals surface area contributed by atoms with E-state index in [4.69, 9.17) is 0 Å². The molecule has 0 spiro atoms. The van der Waals surface area contributed by atoms with Gasteiger partial charge < -0.3 is 0 Å². The zero-order valence-electron chi connectivity index (χ0n) is 36.4. The summed E-state index contributed by atoms with van der Waals surface area (Å²) in [5.74, 6) is 0. The lowest BCUT2D eigenvalue weighted by Crippen LogP contribution is -2.67. The van der Waals surface area contributed by atoms with Crippen LogP contribution in [0.3, 0.4) is 0 Å². The SMILES string of the molecule is Cc1cc(-c2ccccc2)c(C)c([Si](Cl)(c2c(C)c(-c3ccccc3)cc(C)c2-c2ccccc2)c2c(C)c(-c3ccccc3)cc(C)c2-c2ccccc2)c1-c1ccccc1. The molecule has 0 aliphatic heterocycles. The highest BCUT2D eigenvalue weighted by molar-refractivity contribution is 7.42. The molecular formula is C60H51ClSi. The average Bonchev–Trinajstić information content (AvgIpc) is 3.32. The van der Waals surface area contributed by atoms with Crippen LogP contribution in [0.2, 0.25) is 0 Å². The van der Waals surface area contributed by atoms with Crippen LogP contribution in [-0.2, 0) is 0 Å². The van der Waals surface area contributed by atoms with Crippen molar-refractivity contribution in [3.05, 3.63) is 234 Å². The van der Waals surface area contributed by atoms with E-state index in [1.54, 1.807) is 0 Å². The predicted octanol–water partition coefficient (Wildman–Crippen LogP) is 14.7. The largest absolute Gasteiger partial charge is 0.250 e. The molecule has 0 N–H and O–H groups in total. The Hall–Kier alpha value is -6.51. The van der Waals surface area contributed by atoms with Crippen LogP contribution in [0.25, 0.3) is 66.8 Å². The van der Waals surface area contributed by atoms with Gasteiger partial charge in [-0.1, -0.05) is 200 Å². The van der Waals surface area contributed by atoms with Crippen LogP contribution in [0.1, 0.15) is 33.4 Å². The molecule has 0 saturated carbocycles. The summed E-state index contributed by atoms with van der Waals surface area (Å²) in [6.45, 7) is 13.9. The number of hydrogen-bond donors (Lipinski definition) is 0. The first-order valence-corrected chi connectivity index (χ1v) is 24.6. The third kappa shape index (κ3) is 7.16. The summed E-state index contributed by atoms with van der Waals surface area (Å²) >= 11 is 9.63. The second-order valence-electron chi connectivity index (χ2n) is 16.7. The molecule has 0 heterocycles. The topological polar surface area (TPSA) is 0 Å². The Kier molecular flexibility index (Phi) is 11.3. The lowest BCUT2D eigenvalue weighted by atomic mass is 9.91. The Labute approximate surface area is 373 Å². The van der Waals surface area contributed by atoms with Gasteiger partial charge in [0.2, 0.25) is 0 Å². The summed E-state index contributed by atoms with van der Waals surface area (Å²) in [6.07, 6.45) is 0. The standard InChI is InChI=1S/C60H51ClSi/c1-40-37-52(46-25-13-7-14-26-46)43(4)58(55(40)49-31-19-10-20-32-49)62(61,59-44(5)53(47-27-15-8-16-28-47)38-41(2)56(59)50-33-21-11-22-34-50)60-45(6)54(48-29-17-9-18-30-48)39-42(3)57(60)51-35-23-12-24-36-51/h7-39H,1-6H3. The third-order valence-corrected chi connectivity index (χ3v) is 18.5. The van der Waals surface area contributed by atoms with Crippen molar-refractivity contribution in [2.24, 2.45) is 0 Å². The van der Waals surface area contributed by atoms with E-state index in [0.717, 1.165) is 0 Å². The van der Waals surface area contributed by atoms with Gasteiger partial charge in [0.25, 0.3) is 7.38 Å². The molecule has 0 nitrogen and oxygen atoms in total. The molecule has 9 aromatic carbocycles. The Bertz CT molecular complexity index is 2700. The molecule has 0 radical (unpaired) electrons. The van der Waals surface area contributed by atoms with Gasteiger partial charge in [-0.3, -0.25) is 0 Å². The summed E-state index contributed by atoms with van der Waals surface area (Å²) < 4.78 is 0. The van der Waals surface area contributed by atoms with E-state index in [1.165, 1.54) is 116 Å². The van der Waals surface area contributed by atoms with Crippen LogP contribution >= 0.6 is 11.1 Å². The summed E-state index contributed by atoms with van der Waals surface area (Å²) in [6, 6.07) is 72.8. The Balaban J connectivity index is 1.60. The lowest BCUT2D eigenvalue weighted by molar-refractivity contribution is 1.38. The first-order chi connectivity index (χ1) is 30.2.